The molecule has 0 aliphatic carbocycles. The summed E-state index contributed by atoms with van der Waals surface area (Å²) in [5.41, 5.74) is 8.46. The Morgan fingerprint density at radius 1 is 0.840 bits per heavy atom. The maximum Gasteiger partial charge on any atom is 0.246 e. The zero-order chi connectivity index (χ0) is 34.0. The molecule has 0 bridgehead atoms. The van der Waals surface area contributed by atoms with Crippen molar-refractivity contribution in [1.82, 2.24) is 19.8 Å². The van der Waals surface area contributed by atoms with E-state index >= 15 is 0 Å². The number of piperazine rings is 1. The van der Waals surface area contributed by atoms with Crippen LogP contribution >= 0.6 is 23.7 Å². The lowest BCUT2D eigenvalue weighted by atomic mass is 10.1. The van der Waals surface area contributed by atoms with Crippen LogP contribution in [0.25, 0.3) is 6.08 Å². The lowest BCUT2D eigenvalue weighted by Crippen LogP contribution is -2.47. The van der Waals surface area contributed by atoms with Crippen molar-refractivity contribution in [1.29, 1.82) is 0 Å². The third kappa shape index (κ3) is 10.4. The van der Waals surface area contributed by atoms with Crippen molar-refractivity contribution in [2.45, 2.75) is 40.3 Å². The van der Waals surface area contributed by atoms with Crippen LogP contribution in [0.1, 0.15) is 38.3 Å². The fourth-order valence-corrected chi connectivity index (χ4v) is 6.22. The molecule has 0 saturated carbocycles. The Morgan fingerprint density at radius 3 is 2.20 bits per heavy atom. The number of amides is 1. The standard InChI is InChI=1S/C40H42N4O4S.ClH/c1-29-4-11-35(12-5-29)46-21-16-32-6-8-33(9-7-32)26-43-17-19-44(20-18-43)39(45)15-10-34-22-30(2)40(31(3)23-34)48-38-14-13-36(24-42-38)47-27-37-25-41-28-49-37;/h4-15,22-25,28H,16-21,26-27H2,1-3H3;1H. The van der Waals surface area contributed by atoms with E-state index in [1.165, 1.54) is 16.7 Å². The van der Waals surface area contributed by atoms with E-state index in [1.54, 1.807) is 41.4 Å². The fourth-order valence-electron chi connectivity index (χ4n) is 5.72. The summed E-state index contributed by atoms with van der Waals surface area (Å²) in [6.45, 7) is 11.2. The number of aryl methyl sites for hydroxylation is 3. The van der Waals surface area contributed by atoms with Gasteiger partial charge in [0.05, 0.1) is 23.2 Å². The molecule has 0 atom stereocenters. The predicted molar refractivity (Wildman–Crippen MR) is 202 cm³/mol. The van der Waals surface area contributed by atoms with Crippen molar-refractivity contribution in [2.24, 2.45) is 0 Å². The van der Waals surface area contributed by atoms with Gasteiger partial charge in [-0.05, 0) is 85.0 Å². The van der Waals surface area contributed by atoms with E-state index in [4.69, 9.17) is 14.2 Å². The fraction of sp³-hybridized carbons (Fsp3) is 0.275. The van der Waals surface area contributed by atoms with Crippen LogP contribution in [0.3, 0.4) is 0 Å². The van der Waals surface area contributed by atoms with Crippen molar-refractivity contribution in [3.05, 3.63) is 135 Å². The van der Waals surface area contributed by atoms with Gasteiger partial charge in [-0.15, -0.1) is 23.7 Å². The Morgan fingerprint density at radius 2 is 1.54 bits per heavy atom. The van der Waals surface area contributed by atoms with Crippen LogP contribution in [-0.2, 0) is 24.4 Å². The monoisotopic (exact) mass is 710 g/mol. The van der Waals surface area contributed by atoms with Crippen LogP contribution in [-0.4, -0.2) is 58.5 Å². The molecule has 6 rings (SSSR count). The van der Waals surface area contributed by atoms with E-state index in [0.717, 1.165) is 59.1 Å². The minimum atomic E-state index is 0. The van der Waals surface area contributed by atoms with Crippen LogP contribution in [0.2, 0.25) is 0 Å². The predicted octanol–water partition coefficient (Wildman–Crippen LogP) is 8.24. The molecule has 1 aliphatic rings. The number of rotatable bonds is 13. The number of thiazole rings is 1. The van der Waals surface area contributed by atoms with Crippen LogP contribution < -0.4 is 14.2 Å². The molecule has 0 radical (unpaired) electrons. The molecule has 3 heterocycles. The Hall–Kier alpha value is -4.70. The summed E-state index contributed by atoms with van der Waals surface area (Å²) in [5, 5.41) is 0. The molecule has 1 saturated heterocycles. The van der Waals surface area contributed by atoms with Crippen LogP contribution in [0.15, 0.2) is 96.8 Å². The summed E-state index contributed by atoms with van der Waals surface area (Å²) in [7, 11) is 0. The van der Waals surface area contributed by atoms with E-state index in [9.17, 15) is 4.79 Å². The van der Waals surface area contributed by atoms with E-state index < -0.39 is 0 Å². The Labute approximate surface area is 304 Å². The van der Waals surface area contributed by atoms with Crippen molar-refractivity contribution in [2.75, 3.05) is 32.8 Å². The first-order chi connectivity index (χ1) is 23.9. The van der Waals surface area contributed by atoms with Crippen molar-refractivity contribution in [3.8, 4) is 23.1 Å². The topological polar surface area (TPSA) is 77.0 Å². The lowest BCUT2D eigenvalue weighted by molar-refractivity contribution is -0.127. The minimum Gasteiger partial charge on any atom is -0.493 e. The number of carbonyl (C=O) groups excluding carboxylic acids is 1. The van der Waals surface area contributed by atoms with E-state index in [2.05, 4.69) is 58.2 Å². The SMILES string of the molecule is Cc1ccc(OCCc2ccc(CN3CCN(C(=O)C=Cc4cc(C)c(Oc5ccc(OCc6cncs6)cn5)c(C)c4)CC3)cc2)cc1.Cl. The third-order valence-corrected chi connectivity index (χ3v) is 9.23. The molecule has 5 aromatic rings. The zero-order valence-electron chi connectivity index (χ0n) is 28.7. The number of hydrogen-bond donors (Lipinski definition) is 0. The van der Waals surface area contributed by atoms with Crippen LogP contribution in [0, 0.1) is 20.8 Å². The Kier molecular flexibility index (Phi) is 13.0. The highest BCUT2D eigenvalue weighted by Gasteiger charge is 2.20. The average Bonchev–Trinajstić information content (AvgIpc) is 3.64. The highest BCUT2D eigenvalue weighted by atomic mass is 35.5. The number of pyridine rings is 1. The molecule has 3 aromatic carbocycles. The van der Waals surface area contributed by atoms with E-state index in [-0.39, 0.29) is 18.3 Å². The van der Waals surface area contributed by atoms with Gasteiger partial charge in [0.1, 0.15) is 23.9 Å². The number of halogens is 1. The van der Waals surface area contributed by atoms with Crippen molar-refractivity contribution >= 4 is 35.7 Å². The molecule has 10 heteroatoms. The molecule has 260 valence electrons. The van der Waals surface area contributed by atoms with E-state index in [1.807, 2.05) is 55.2 Å². The second-order valence-corrected chi connectivity index (χ2v) is 13.3. The third-order valence-electron chi connectivity index (χ3n) is 8.47. The van der Waals surface area contributed by atoms with Crippen molar-refractivity contribution in [3.63, 3.8) is 0 Å². The summed E-state index contributed by atoms with van der Waals surface area (Å²) in [6, 6.07) is 24.7. The molecule has 0 spiro atoms. The number of carbonyl (C=O) groups is 1. The van der Waals surface area contributed by atoms with Gasteiger partial charge in [0.2, 0.25) is 11.8 Å². The molecule has 50 heavy (non-hydrogen) atoms. The normalized spacial score (nSPS) is 13.2. The summed E-state index contributed by atoms with van der Waals surface area (Å²) in [6.07, 6.45) is 7.90. The van der Waals surface area contributed by atoms with Gasteiger partial charge in [-0.1, -0.05) is 42.0 Å². The number of aromatic nitrogens is 2. The quantitative estimate of drug-likeness (QED) is 0.114. The molecule has 1 fully saturated rings. The van der Waals surface area contributed by atoms with Crippen LogP contribution in [0.4, 0.5) is 0 Å². The molecular formula is C40H43ClN4O4S. The number of ether oxygens (including phenoxy) is 3. The van der Waals surface area contributed by atoms with Gasteiger partial charge in [-0.2, -0.15) is 0 Å². The average molecular weight is 711 g/mol. The molecule has 0 N–H and O–H groups in total. The zero-order valence-corrected chi connectivity index (χ0v) is 30.3. The first-order valence-electron chi connectivity index (χ1n) is 16.6. The van der Waals surface area contributed by atoms with Gasteiger partial charge in [0.25, 0.3) is 0 Å². The van der Waals surface area contributed by atoms with Gasteiger partial charge in [0.15, 0.2) is 0 Å². The highest BCUT2D eigenvalue weighted by molar-refractivity contribution is 7.09. The molecule has 2 aromatic heterocycles. The van der Waals surface area contributed by atoms with Gasteiger partial charge >= 0.3 is 0 Å². The van der Waals surface area contributed by atoms with Gasteiger partial charge < -0.3 is 19.1 Å². The minimum absolute atomic E-state index is 0. The molecular weight excluding hydrogens is 668 g/mol. The van der Waals surface area contributed by atoms with Crippen molar-refractivity contribution < 1.29 is 19.0 Å². The first-order valence-corrected chi connectivity index (χ1v) is 17.5. The number of hydrogen-bond acceptors (Lipinski definition) is 8. The summed E-state index contributed by atoms with van der Waals surface area (Å²) < 4.78 is 17.8. The molecule has 0 unspecified atom stereocenters. The molecule has 1 aliphatic heterocycles. The maximum absolute atomic E-state index is 13.0. The van der Waals surface area contributed by atoms with Gasteiger partial charge in [0, 0.05) is 57.5 Å². The summed E-state index contributed by atoms with van der Waals surface area (Å²) in [4.78, 5) is 26.9. The smallest absolute Gasteiger partial charge is 0.246 e. The van der Waals surface area contributed by atoms with Crippen LogP contribution in [0.5, 0.6) is 23.1 Å². The summed E-state index contributed by atoms with van der Waals surface area (Å²) in [5.74, 6) is 2.86. The Balaban J connectivity index is 0.00000486. The largest absolute Gasteiger partial charge is 0.493 e. The second kappa shape index (κ2) is 17.8. The summed E-state index contributed by atoms with van der Waals surface area (Å²) >= 11 is 1.55. The van der Waals surface area contributed by atoms with E-state index in [0.29, 0.717) is 37.9 Å². The number of nitrogens with zero attached hydrogens (tertiary/aromatic N) is 4. The second-order valence-electron chi connectivity index (χ2n) is 12.3. The lowest BCUT2D eigenvalue weighted by Gasteiger charge is -2.34. The highest BCUT2D eigenvalue weighted by Crippen LogP contribution is 2.30. The Bertz CT molecular complexity index is 1820. The first kappa shape index (κ1) is 36.6. The van der Waals surface area contributed by atoms with Gasteiger partial charge in [-0.25, -0.2) is 4.98 Å². The van der Waals surface area contributed by atoms with Gasteiger partial charge in [-0.3, -0.25) is 14.7 Å². The maximum atomic E-state index is 13.0. The molecule has 1 amide bonds. The number of benzene rings is 3. The molecule has 8 nitrogen and oxygen atoms in total.